The van der Waals surface area contributed by atoms with Crippen LogP contribution < -0.4 is 5.32 Å². The molecule has 4 heteroatoms. The normalized spacial score (nSPS) is 10.5. The summed E-state index contributed by atoms with van der Waals surface area (Å²) in [5.74, 6) is -0.305. The molecule has 2 amide bonds. The molecule has 0 unspecified atom stereocenters. The summed E-state index contributed by atoms with van der Waals surface area (Å²) in [7, 11) is 0. The molecule has 0 heterocycles. The van der Waals surface area contributed by atoms with E-state index in [2.05, 4.69) is 5.32 Å². The van der Waals surface area contributed by atoms with E-state index in [-0.39, 0.29) is 24.4 Å². The standard InChI is InChI=1S/C20H24N2O2/c1-15(2)22(14-17-10-5-4-6-11-17)19(23)13-21-20(24)18-12-8-7-9-16(18)3/h4-12,15H,13-14H2,1-3H3,(H,21,24). The zero-order valence-electron chi connectivity index (χ0n) is 14.5. The molecule has 0 aromatic heterocycles. The number of rotatable bonds is 6. The van der Waals surface area contributed by atoms with Crippen molar-refractivity contribution in [3.8, 4) is 0 Å². The second-order valence-electron chi connectivity index (χ2n) is 6.10. The highest BCUT2D eigenvalue weighted by Gasteiger charge is 2.18. The van der Waals surface area contributed by atoms with E-state index < -0.39 is 0 Å². The van der Waals surface area contributed by atoms with E-state index in [0.29, 0.717) is 12.1 Å². The molecule has 0 bridgehead atoms. The Morgan fingerprint density at radius 1 is 1.00 bits per heavy atom. The van der Waals surface area contributed by atoms with E-state index in [1.807, 2.05) is 69.3 Å². The van der Waals surface area contributed by atoms with Gasteiger partial charge in [0.1, 0.15) is 0 Å². The van der Waals surface area contributed by atoms with Crippen molar-refractivity contribution in [1.29, 1.82) is 0 Å². The molecule has 2 rings (SSSR count). The van der Waals surface area contributed by atoms with Crippen molar-refractivity contribution in [1.82, 2.24) is 10.2 Å². The zero-order valence-corrected chi connectivity index (χ0v) is 14.5. The number of amides is 2. The number of hydrogen-bond donors (Lipinski definition) is 1. The molecular weight excluding hydrogens is 300 g/mol. The minimum absolute atomic E-state index is 0.00180. The molecule has 1 N–H and O–H groups in total. The van der Waals surface area contributed by atoms with Crippen LogP contribution in [0.4, 0.5) is 0 Å². The molecule has 0 atom stereocenters. The van der Waals surface area contributed by atoms with Crippen LogP contribution in [0, 0.1) is 6.92 Å². The lowest BCUT2D eigenvalue weighted by atomic mass is 10.1. The van der Waals surface area contributed by atoms with E-state index in [4.69, 9.17) is 0 Å². The first-order chi connectivity index (χ1) is 11.5. The Morgan fingerprint density at radius 3 is 2.25 bits per heavy atom. The van der Waals surface area contributed by atoms with Crippen LogP contribution in [0.15, 0.2) is 54.6 Å². The van der Waals surface area contributed by atoms with Gasteiger partial charge < -0.3 is 10.2 Å². The Balaban J connectivity index is 1.98. The van der Waals surface area contributed by atoms with Gasteiger partial charge in [0.05, 0.1) is 6.54 Å². The third-order valence-corrected chi connectivity index (χ3v) is 3.93. The number of nitrogens with one attached hydrogen (secondary N) is 1. The monoisotopic (exact) mass is 324 g/mol. The van der Waals surface area contributed by atoms with E-state index in [1.165, 1.54) is 0 Å². The van der Waals surface area contributed by atoms with Gasteiger partial charge in [-0.3, -0.25) is 9.59 Å². The molecule has 0 spiro atoms. The average Bonchev–Trinajstić information content (AvgIpc) is 2.58. The lowest BCUT2D eigenvalue weighted by molar-refractivity contribution is -0.132. The predicted molar refractivity (Wildman–Crippen MR) is 95.6 cm³/mol. The summed E-state index contributed by atoms with van der Waals surface area (Å²) in [5.41, 5.74) is 2.57. The molecule has 0 aliphatic heterocycles. The number of carbonyl (C=O) groups excluding carboxylic acids is 2. The molecule has 2 aromatic carbocycles. The largest absolute Gasteiger partial charge is 0.343 e. The van der Waals surface area contributed by atoms with Crippen molar-refractivity contribution in [2.75, 3.05) is 6.54 Å². The van der Waals surface area contributed by atoms with Gasteiger partial charge in [0, 0.05) is 18.2 Å². The fraction of sp³-hybridized carbons (Fsp3) is 0.300. The molecule has 0 aliphatic carbocycles. The van der Waals surface area contributed by atoms with Crippen LogP contribution in [0.25, 0.3) is 0 Å². The van der Waals surface area contributed by atoms with Crippen LogP contribution in [0.1, 0.15) is 35.3 Å². The first-order valence-electron chi connectivity index (χ1n) is 8.16. The smallest absolute Gasteiger partial charge is 0.251 e. The van der Waals surface area contributed by atoms with Gasteiger partial charge >= 0.3 is 0 Å². The summed E-state index contributed by atoms with van der Waals surface area (Å²) in [6, 6.07) is 17.3. The predicted octanol–water partition coefficient (Wildman–Crippen LogP) is 3.16. The second-order valence-corrected chi connectivity index (χ2v) is 6.10. The van der Waals surface area contributed by atoms with E-state index in [9.17, 15) is 9.59 Å². The maximum Gasteiger partial charge on any atom is 0.251 e. The molecule has 4 nitrogen and oxygen atoms in total. The van der Waals surface area contributed by atoms with Crippen molar-refractivity contribution in [3.05, 3.63) is 71.3 Å². The Kier molecular flexibility index (Phi) is 6.13. The second kappa shape index (κ2) is 8.29. The van der Waals surface area contributed by atoms with E-state index in [1.54, 1.807) is 11.0 Å². The van der Waals surface area contributed by atoms with Crippen molar-refractivity contribution in [2.45, 2.75) is 33.4 Å². The summed E-state index contributed by atoms with van der Waals surface area (Å²) in [6.07, 6.45) is 0. The van der Waals surface area contributed by atoms with Crippen molar-refractivity contribution < 1.29 is 9.59 Å². The van der Waals surface area contributed by atoms with Gasteiger partial charge in [-0.05, 0) is 38.0 Å². The van der Waals surface area contributed by atoms with Gasteiger partial charge in [-0.25, -0.2) is 0 Å². The van der Waals surface area contributed by atoms with Crippen LogP contribution in [-0.2, 0) is 11.3 Å². The lowest BCUT2D eigenvalue weighted by Gasteiger charge is -2.27. The number of nitrogens with zero attached hydrogens (tertiary/aromatic N) is 1. The first kappa shape index (κ1) is 17.7. The van der Waals surface area contributed by atoms with Gasteiger partial charge in [-0.1, -0.05) is 48.5 Å². The number of carbonyl (C=O) groups is 2. The Hall–Kier alpha value is -2.62. The molecule has 2 aromatic rings. The van der Waals surface area contributed by atoms with Gasteiger partial charge in [0.2, 0.25) is 5.91 Å². The van der Waals surface area contributed by atoms with Crippen molar-refractivity contribution >= 4 is 11.8 Å². The van der Waals surface area contributed by atoms with Gasteiger partial charge in [0.15, 0.2) is 0 Å². The molecular formula is C20H24N2O2. The van der Waals surface area contributed by atoms with Crippen LogP contribution in [0.2, 0.25) is 0 Å². The summed E-state index contributed by atoms with van der Waals surface area (Å²) in [5, 5.41) is 2.73. The quantitative estimate of drug-likeness (QED) is 0.887. The van der Waals surface area contributed by atoms with Crippen LogP contribution in [0.3, 0.4) is 0 Å². The average molecular weight is 324 g/mol. The maximum atomic E-state index is 12.5. The topological polar surface area (TPSA) is 49.4 Å². The Labute approximate surface area is 143 Å². The highest BCUT2D eigenvalue weighted by molar-refractivity contribution is 5.97. The summed E-state index contributed by atoms with van der Waals surface area (Å²) in [6.45, 7) is 6.37. The number of aryl methyl sites for hydroxylation is 1. The molecule has 0 radical (unpaired) electrons. The van der Waals surface area contributed by atoms with E-state index in [0.717, 1.165) is 11.1 Å². The number of hydrogen-bond acceptors (Lipinski definition) is 2. The van der Waals surface area contributed by atoms with Crippen molar-refractivity contribution in [3.63, 3.8) is 0 Å². The van der Waals surface area contributed by atoms with Gasteiger partial charge in [-0.2, -0.15) is 0 Å². The summed E-state index contributed by atoms with van der Waals surface area (Å²) >= 11 is 0. The fourth-order valence-corrected chi connectivity index (χ4v) is 2.52. The van der Waals surface area contributed by atoms with Gasteiger partial charge in [-0.15, -0.1) is 0 Å². The zero-order chi connectivity index (χ0) is 17.5. The highest BCUT2D eigenvalue weighted by atomic mass is 16.2. The summed E-state index contributed by atoms with van der Waals surface area (Å²) < 4.78 is 0. The third-order valence-electron chi connectivity index (χ3n) is 3.93. The molecule has 0 fully saturated rings. The minimum atomic E-state index is -0.218. The van der Waals surface area contributed by atoms with E-state index >= 15 is 0 Å². The fourth-order valence-electron chi connectivity index (χ4n) is 2.52. The molecule has 126 valence electrons. The Morgan fingerprint density at radius 2 is 1.62 bits per heavy atom. The Bertz CT molecular complexity index is 696. The molecule has 0 saturated heterocycles. The van der Waals surface area contributed by atoms with Crippen LogP contribution >= 0.6 is 0 Å². The van der Waals surface area contributed by atoms with Crippen LogP contribution in [0.5, 0.6) is 0 Å². The van der Waals surface area contributed by atoms with Crippen LogP contribution in [-0.4, -0.2) is 29.3 Å². The SMILES string of the molecule is Cc1ccccc1C(=O)NCC(=O)N(Cc1ccccc1)C(C)C. The lowest BCUT2D eigenvalue weighted by Crippen LogP contribution is -2.43. The van der Waals surface area contributed by atoms with Crippen molar-refractivity contribution in [2.24, 2.45) is 0 Å². The summed E-state index contributed by atoms with van der Waals surface area (Å²) in [4.78, 5) is 26.5. The molecule has 0 aliphatic rings. The number of benzene rings is 2. The third kappa shape index (κ3) is 4.69. The first-order valence-corrected chi connectivity index (χ1v) is 8.16. The maximum absolute atomic E-state index is 12.5. The molecule has 24 heavy (non-hydrogen) atoms. The highest BCUT2D eigenvalue weighted by Crippen LogP contribution is 2.09. The van der Waals surface area contributed by atoms with Gasteiger partial charge in [0.25, 0.3) is 5.91 Å². The minimum Gasteiger partial charge on any atom is -0.343 e. The molecule has 0 saturated carbocycles.